The first-order valence-electron chi connectivity index (χ1n) is 4.21. The van der Waals surface area contributed by atoms with E-state index in [1.807, 2.05) is 12.3 Å². The van der Waals surface area contributed by atoms with Crippen LogP contribution >= 0.6 is 11.6 Å². The molecule has 0 aliphatic carbocycles. The summed E-state index contributed by atoms with van der Waals surface area (Å²) >= 11 is 5.83. The summed E-state index contributed by atoms with van der Waals surface area (Å²) < 4.78 is 0. The third-order valence-electron chi connectivity index (χ3n) is 2.25. The number of aromatic nitrogens is 1. The molecule has 0 amide bonds. The summed E-state index contributed by atoms with van der Waals surface area (Å²) in [6, 6.07) is 1.99. The summed E-state index contributed by atoms with van der Waals surface area (Å²) in [5.74, 6) is 1.15. The Morgan fingerprint density at radius 3 is 2.42 bits per heavy atom. The first kappa shape index (κ1) is 9.53. The number of hydrogen-bond acceptors (Lipinski definition) is 1. The lowest BCUT2D eigenvalue weighted by molar-refractivity contribution is 0.534. The Labute approximate surface area is 78.8 Å². The van der Waals surface area contributed by atoms with Crippen LogP contribution in [-0.4, -0.2) is 4.98 Å². The number of hydrogen-bond donors (Lipinski definition) is 0. The van der Waals surface area contributed by atoms with Gasteiger partial charge in [-0.05, 0) is 23.5 Å². The number of rotatable bonds is 2. The van der Waals surface area contributed by atoms with Gasteiger partial charge in [0, 0.05) is 12.4 Å². The van der Waals surface area contributed by atoms with Crippen LogP contribution in [0.4, 0.5) is 0 Å². The molecule has 1 nitrogen and oxygen atoms in total. The third-order valence-corrected chi connectivity index (χ3v) is 2.46. The maximum Gasteiger partial charge on any atom is 0.0592 e. The van der Waals surface area contributed by atoms with Crippen molar-refractivity contribution in [3.63, 3.8) is 0 Å². The van der Waals surface area contributed by atoms with Gasteiger partial charge in [-0.25, -0.2) is 0 Å². The van der Waals surface area contributed by atoms with Gasteiger partial charge in [0.15, 0.2) is 0 Å². The zero-order valence-corrected chi connectivity index (χ0v) is 8.47. The van der Waals surface area contributed by atoms with Crippen LogP contribution in [0.25, 0.3) is 0 Å². The molecule has 0 saturated heterocycles. The zero-order valence-electron chi connectivity index (χ0n) is 7.71. The highest BCUT2D eigenvalue weighted by molar-refractivity contribution is 6.30. The van der Waals surface area contributed by atoms with Crippen molar-refractivity contribution in [3.8, 4) is 0 Å². The van der Waals surface area contributed by atoms with Gasteiger partial charge in [-0.1, -0.05) is 32.4 Å². The minimum atomic E-state index is 0.524. The molecule has 2 heteroatoms. The molecule has 66 valence electrons. The lowest BCUT2D eigenvalue weighted by Crippen LogP contribution is -2.02. The maximum atomic E-state index is 5.83. The van der Waals surface area contributed by atoms with E-state index in [2.05, 4.69) is 25.8 Å². The summed E-state index contributed by atoms with van der Waals surface area (Å²) in [7, 11) is 0. The summed E-state index contributed by atoms with van der Waals surface area (Å²) in [6.07, 6.45) is 3.55. The van der Waals surface area contributed by atoms with E-state index in [1.165, 1.54) is 5.56 Å². The van der Waals surface area contributed by atoms with E-state index in [-0.39, 0.29) is 0 Å². The Kier molecular flexibility index (Phi) is 3.10. The molecular formula is C10H14ClN. The standard InChI is InChI=1S/C10H14ClN/c1-7(2)8(3)9-4-10(11)6-12-5-9/h4-8H,1-3H3. The largest absolute Gasteiger partial charge is 0.263 e. The molecule has 0 saturated carbocycles. The topological polar surface area (TPSA) is 12.9 Å². The Balaban J connectivity index is 2.88. The van der Waals surface area contributed by atoms with Crippen LogP contribution in [0.2, 0.25) is 5.02 Å². The van der Waals surface area contributed by atoms with Crippen molar-refractivity contribution in [2.45, 2.75) is 26.7 Å². The van der Waals surface area contributed by atoms with Crippen LogP contribution < -0.4 is 0 Å². The van der Waals surface area contributed by atoms with Crippen molar-refractivity contribution in [1.29, 1.82) is 0 Å². The van der Waals surface area contributed by atoms with Crippen LogP contribution in [0.5, 0.6) is 0 Å². The van der Waals surface area contributed by atoms with Crippen LogP contribution in [0.3, 0.4) is 0 Å². The molecule has 0 aromatic carbocycles. The quantitative estimate of drug-likeness (QED) is 0.684. The molecule has 0 radical (unpaired) electrons. The van der Waals surface area contributed by atoms with E-state index in [0.29, 0.717) is 11.8 Å². The van der Waals surface area contributed by atoms with Gasteiger partial charge in [0.1, 0.15) is 0 Å². The molecular weight excluding hydrogens is 170 g/mol. The normalized spacial score (nSPS) is 13.4. The van der Waals surface area contributed by atoms with Crippen molar-refractivity contribution >= 4 is 11.6 Å². The van der Waals surface area contributed by atoms with Crippen molar-refractivity contribution in [2.75, 3.05) is 0 Å². The fourth-order valence-electron chi connectivity index (χ4n) is 1.06. The van der Waals surface area contributed by atoms with Gasteiger partial charge >= 0.3 is 0 Å². The van der Waals surface area contributed by atoms with E-state index in [1.54, 1.807) is 6.20 Å². The Morgan fingerprint density at radius 2 is 1.92 bits per heavy atom. The highest BCUT2D eigenvalue weighted by Gasteiger charge is 2.09. The molecule has 0 bridgehead atoms. The minimum absolute atomic E-state index is 0.524. The minimum Gasteiger partial charge on any atom is -0.263 e. The molecule has 0 aliphatic heterocycles. The van der Waals surface area contributed by atoms with Crippen molar-refractivity contribution in [1.82, 2.24) is 4.98 Å². The lowest BCUT2D eigenvalue weighted by Gasteiger charge is -2.15. The predicted molar refractivity (Wildman–Crippen MR) is 52.5 cm³/mol. The SMILES string of the molecule is CC(C)C(C)c1cncc(Cl)c1. The Bertz CT molecular complexity index is 258. The van der Waals surface area contributed by atoms with Gasteiger partial charge in [-0.15, -0.1) is 0 Å². The first-order chi connectivity index (χ1) is 5.61. The maximum absolute atomic E-state index is 5.83. The van der Waals surface area contributed by atoms with Crippen LogP contribution in [0.15, 0.2) is 18.5 Å². The second-order valence-corrected chi connectivity index (χ2v) is 3.91. The van der Waals surface area contributed by atoms with E-state index >= 15 is 0 Å². The smallest absolute Gasteiger partial charge is 0.0592 e. The molecule has 1 atom stereocenters. The van der Waals surface area contributed by atoms with Gasteiger partial charge < -0.3 is 0 Å². The van der Waals surface area contributed by atoms with Crippen molar-refractivity contribution < 1.29 is 0 Å². The summed E-state index contributed by atoms with van der Waals surface area (Å²) in [6.45, 7) is 6.59. The molecule has 1 rings (SSSR count). The average Bonchev–Trinajstić information content (AvgIpc) is 2.03. The van der Waals surface area contributed by atoms with Crippen LogP contribution in [0, 0.1) is 5.92 Å². The molecule has 1 aromatic heterocycles. The fourth-order valence-corrected chi connectivity index (χ4v) is 1.24. The van der Waals surface area contributed by atoms with Crippen molar-refractivity contribution in [2.24, 2.45) is 5.92 Å². The third kappa shape index (κ3) is 2.21. The van der Waals surface area contributed by atoms with E-state index in [0.717, 1.165) is 5.02 Å². The van der Waals surface area contributed by atoms with E-state index < -0.39 is 0 Å². The molecule has 0 fully saturated rings. The number of pyridine rings is 1. The van der Waals surface area contributed by atoms with Crippen LogP contribution in [-0.2, 0) is 0 Å². The lowest BCUT2D eigenvalue weighted by atomic mass is 9.92. The van der Waals surface area contributed by atoms with E-state index in [9.17, 15) is 0 Å². The zero-order chi connectivity index (χ0) is 9.14. The summed E-state index contributed by atoms with van der Waals surface area (Å²) in [5, 5.41) is 0.722. The fraction of sp³-hybridized carbons (Fsp3) is 0.500. The molecule has 0 aliphatic rings. The highest BCUT2D eigenvalue weighted by Crippen LogP contribution is 2.24. The van der Waals surface area contributed by atoms with Gasteiger partial charge in [0.25, 0.3) is 0 Å². The first-order valence-corrected chi connectivity index (χ1v) is 4.59. The molecule has 0 N–H and O–H groups in total. The number of halogens is 1. The predicted octanol–water partition coefficient (Wildman–Crippen LogP) is 3.49. The van der Waals surface area contributed by atoms with Gasteiger partial charge in [-0.2, -0.15) is 0 Å². The van der Waals surface area contributed by atoms with Crippen molar-refractivity contribution in [3.05, 3.63) is 29.0 Å². The summed E-state index contributed by atoms with van der Waals surface area (Å²) in [4.78, 5) is 4.06. The molecule has 0 spiro atoms. The van der Waals surface area contributed by atoms with Gasteiger partial charge in [0.2, 0.25) is 0 Å². The van der Waals surface area contributed by atoms with Gasteiger partial charge in [0.05, 0.1) is 5.02 Å². The molecule has 1 unspecified atom stereocenters. The Hall–Kier alpha value is -0.560. The van der Waals surface area contributed by atoms with E-state index in [4.69, 9.17) is 11.6 Å². The van der Waals surface area contributed by atoms with Gasteiger partial charge in [-0.3, -0.25) is 4.98 Å². The highest BCUT2D eigenvalue weighted by atomic mass is 35.5. The number of nitrogens with zero attached hydrogens (tertiary/aromatic N) is 1. The van der Waals surface area contributed by atoms with Crippen LogP contribution in [0.1, 0.15) is 32.3 Å². The monoisotopic (exact) mass is 183 g/mol. The second-order valence-electron chi connectivity index (χ2n) is 3.47. The summed E-state index contributed by atoms with van der Waals surface area (Å²) in [5.41, 5.74) is 1.22. The average molecular weight is 184 g/mol. The molecule has 12 heavy (non-hydrogen) atoms. The second kappa shape index (κ2) is 3.90. The Morgan fingerprint density at radius 1 is 1.25 bits per heavy atom. The molecule has 1 heterocycles. The molecule has 1 aromatic rings.